The maximum atomic E-state index is 5.91. The summed E-state index contributed by atoms with van der Waals surface area (Å²) in [6.07, 6.45) is 5.57. The van der Waals surface area contributed by atoms with Crippen molar-refractivity contribution in [2.24, 2.45) is 0 Å². The molecule has 0 atom stereocenters. The Balaban J connectivity index is 1.31. The standard InChI is InChI=1S/C26H28N4O4/c1-31-13-14-32-20-7-10-30-23(18-27-24(30)17-20)21-6-5-19-3-2-4-22(25(19)28-21)29-11-8-26(9-12-29)33-15-16-34-26/h2-7,10,17-18H,8-9,11-16H2,1H3. The lowest BCUT2D eigenvalue weighted by Crippen LogP contribution is -2.45. The molecule has 1 aromatic carbocycles. The molecule has 2 saturated heterocycles. The van der Waals surface area contributed by atoms with Crippen LogP contribution >= 0.6 is 0 Å². The van der Waals surface area contributed by atoms with E-state index in [1.54, 1.807) is 7.11 Å². The number of methoxy groups -OCH3 is 1. The average Bonchev–Trinajstić information content (AvgIpc) is 3.51. The molecule has 0 bridgehead atoms. The van der Waals surface area contributed by atoms with E-state index in [1.807, 2.05) is 28.9 Å². The Kier molecular flexibility index (Phi) is 5.57. The largest absolute Gasteiger partial charge is 0.491 e. The molecule has 0 N–H and O–H groups in total. The molecule has 0 aliphatic carbocycles. The Morgan fingerprint density at radius 2 is 1.88 bits per heavy atom. The number of benzene rings is 1. The Labute approximate surface area is 198 Å². The fourth-order valence-corrected chi connectivity index (χ4v) is 4.89. The number of fused-ring (bicyclic) bond motifs is 2. The van der Waals surface area contributed by atoms with Gasteiger partial charge in [-0.3, -0.25) is 4.40 Å². The highest BCUT2D eigenvalue weighted by atomic mass is 16.7. The number of hydrogen-bond acceptors (Lipinski definition) is 7. The van der Waals surface area contributed by atoms with Crippen LogP contribution in [-0.2, 0) is 14.2 Å². The van der Waals surface area contributed by atoms with Crippen molar-refractivity contribution in [3.05, 3.63) is 54.9 Å². The summed E-state index contributed by atoms with van der Waals surface area (Å²) >= 11 is 0. The second kappa shape index (κ2) is 8.87. The predicted molar refractivity (Wildman–Crippen MR) is 129 cm³/mol. The van der Waals surface area contributed by atoms with Crippen LogP contribution in [0, 0.1) is 0 Å². The van der Waals surface area contributed by atoms with Crippen molar-refractivity contribution in [3.8, 4) is 17.1 Å². The molecular weight excluding hydrogens is 432 g/mol. The third-order valence-corrected chi connectivity index (χ3v) is 6.68. The minimum absolute atomic E-state index is 0.387. The molecule has 0 saturated carbocycles. The Bertz CT molecular complexity index is 1300. The Hall–Kier alpha value is -3.20. The van der Waals surface area contributed by atoms with Crippen molar-refractivity contribution < 1.29 is 18.9 Å². The molecular formula is C26H28N4O4. The Morgan fingerprint density at radius 3 is 2.71 bits per heavy atom. The second-order valence-corrected chi connectivity index (χ2v) is 8.72. The fourth-order valence-electron chi connectivity index (χ4n) is 4.89. The van der Waals surface area contributed by atoms with Gasteiger partial charge in [-0.1, -0.05) is 18.2 Å². The lowest BCUT2D eigenvalue weighted by molar-refractivity contribution is -0.169. The highest BCUT2D eigenvalue weighted by molar-refractivity contribution is 5.92. The van der Waals surface area contributed by atoms with Crippen molar-refractivity contribution >= 4 is 22.2 Å². The molecule has 5 heterocycles. The zero-order valence-electron chi connectivity index (χ0n) is 19.3. The third kappa shape index (κ3) is 3.87. The van der Waals surface area contributed by atoms with Crippen LogP contribution < -0.4 is 9.64 Å². The molecule has 4 aromatic rings. The number of piperidine rings is 1. The van der Waals surface area contributed by atoms with Crippen LogP contribution in [0.25, 0.3) is 27.9 Å². The molecule has 8 heteroatoms. The number of anilines is 1. The molecule has 8 nitrogen and oxygen atoms in total. The molecule has 1 spiro atoms. The fraction of sp³-hybridized carbons (Fsp3) is 0.385. The van der Waals surface area contributed by atoms with E-state index in [9.17, 15) is 0 Å². The number of ether oxygens (including phenoxy) is 4. The van der Waals surface area contributed by atoms with Crippen LogP contribution in [0.1, 0.15) is 12.8 Å². The zero-order chi connectivity index (χ0) is 23.0. The first-order chi connectivity index (χ1) is 16.7. The van der Waals surface area contributed by atoms with E-state index in [0.29, 0.717) is 26.4 Å². The van der Waals surface area contributed by atoms with Crippen molar-refractivity contribution in [2.75, 3.05) is 51.5 Å². The lowest BCUT2D eigenvalue weighted by atomic mass is 10.0. The molecule has 3 aromatic heterocycles. The van der Waals surface area contributed by atoms with Gasteiger partial charge in [-0.25, -0.2) is 9.97 Å². The first kappa shape index (κ1) is 21.3. The van der Waals surface area contributed by atoms with Crippen LogP contribution in [0.2, 0.25) is 0 Å². The number of rotatable bonds is 6. The maximum Gasteiger partial charge on any atom is 0.171 e. The van der Waals surface area contributed by atoms with Crippen LogP contribution in [0.15, 0.2) is 54.9 Å². The monoisotopic (exact) mass is 460 g/mol. The average molecular weight is 461 g/mol. The van der Waals surface area contributed by atoms with Gasteiger partial charge in [0.15, 0.2) is 5.79 Å². The van der Waals surface area contributed by atoms with Gasteiger partial charge in [-0.05, 0) is 18.2 Å². The van der Waals surface area contributed by atoms with E-state index in [4.69, 9.17) is 23.9 Å². The molecule has 2 fully saturated rings. The van der Waals surface area contributed by atoms with Gasteiger partial charge < -0.3 is 23.8 Å². The molecule has 6 rings (SSSR count). The number of hydrogen-bond donors (Lipinski definition) is 0. The highest BCUT2D eigenvalue weighted by Gasteiger charge is 2.40. The van der Waals surface area contributed by atoms with Gasteiger partial charge in [0.25, 0.3) is 0 Å². The second-order valence-electron chi connectivity index (χ2n) is 8.72. The summed E-state index contributed by atoms with van der Waals surface area (Å²) in [4.78, 5) is 12.1. The summed E-state index contributed by atoms with van der Waals surface area (Å²) in [6, 6.07) is 14.4. The topological polar surface area (TPSA) is 70.4 Å². The number of para-hydroxylation sites is 1. The van der Waals surface area contributed by atoms with Gasteiger partial charge in [0.1, 0.15) is 18.0 Å². The van der Waals surface area contributed by atoms with Gasteiger partial charge in [0.05, 0.1) is 48.6 Å². The minimum Gasteiger partial charge on any atom is -0.491 e. The first-order valence-electron chi connectivity index (χ1n) is 11.8. The van der Waals surface area contributed by atoms with E-state index in [0.717, 1.165) is 65.3 Å². The van der Waals surface area contributed by atoms with Crippen LogP contribution in [0.4, 0.5) is 5.69 Å². The molecule has 0 unspecified atom stereocenters. The van der Waals surface area contributed by atoms with Gasteiger partial charge in [0, 0.05) is 50.7 Å². The predicted octanol–water partition coefficient (Wildman–Crippen LogP) is 3.92. The van der Waals surface area contributed by atoms with Gasteiger partial charge >= 0.3 is 0 Å². The maximum absolute atomic E-state index is 5.91. The van der Waals surface area contributed by atoms with E-state index < -0.39 is 0 Å². The van der Waals surface area contributed by atoms with E-state index in [1.165, 1.54) is 0 Å². The van der Waals surface area contributed by atoms with E-state index in [-0.39, 0.29) is 5.79 Å². The van der Waals surface area contributed by atoms with E-state index >= 15 is 0 Å². The summed E-state index contributed by atoms with van der Waals surface area (Å²) in [6.45, 7) is 4.20. The van der Waals surface area contributed by atoms with Crippen molar-refractivity contribution in [2.45, 2.75) is 18.6 Å². The molecule has 0 radical (unpaired) electrons. The van der Waals surface area contributed by atoms with E-state index in [2.05, 4.69) is 40.2 Å². The summed E-state index contributed by atoms with van der Waals surface area (Å²) in [7, 11) is 1.66. The number of imidazole rings is 1. The zero-order valence-corrected chi connectivity index (χ0v) is 19.3. The van der Waals surface area contributed by atoms with Crippen LogP contribution in [-0.4, -0.2) is 66.8 Å². The number of nitrogens with zero attached hydrogens (tertiary/aromatic N) is 4. The lowest BCUT2D eigenvalue weighted by Gasteiger charge is -2.38. The van der Waals surface area contributed by atoms with Crippen LogP contribution in [0.5, 0.6) is 5.75 Å². The number of pyridine rings is 2. The van der Waals surface area contributed by atoms with Crippen molar-refractivity contribution in [3.63, 3.8) is 0 Å². The minimum atomic E-state index is -0.387. The quantitative estimate of drug-likeness (QED) is 0.404. The summed E-state index contributed by atoms with van der Waals surface area (Å²) in [5.41, 5.74) is 4.79. The molecule has 2 aliphatic heterocycles. The Morgan fingerprint density at radius 1 is 1.03 bits per heavy atom. The van der Waals surface area contributed by atoms with Gasteiger partial charge in [-0.15, -0.1) is 0 Å². The van der Waals surface area contributed by atoms with Crippen molar-refractivity contribution in [1.29, 1.82) is 0 Å². The smallest absolute Gasteiger partial charge is 0.171 e. The highest BCUT2D eigenvalue weighted by Crippen LogP contribution is 2.36. The number of aromatic nitrogens is 3. The van der Waals surface area contributed by atoms with Crippen LogP contribution in [0.3, 0.4) is 0 Å². The van der Waals surface area contributed by atoms with Gasteiger partial charge in [-0.2, -0.15) is 0 Å². The SMILES string of the molecule is COCCOc1ccn2c(-c3ccc4cccc(N5CCC6(CC5)OCCO6)c4n3)cnc2c1. The summed E-state index contributed by atoms with van der Waals surface area (Å²) in [5, 5.41) is 1.12. The summed E-state index contributed by atoms with van der Waals surface area (Å²) in [5.74, 6) is 0.385. The molecule has 2 aliphatic rings. The first-order valence-corrected chi connectivity index (χ1v) is 11.8. The van der Waals surface area contributed by atoms with Gasteiger partial charge in [0.2, 0.25) is 0 Å². The molecule has 34 heavy (non-hydrogen) atoms. The normalized spacial score (nSPS) is 17.7. The third-order valence-electron chi connectivity index (χ3n) is 6.68. The van der Waals surface area contributed by atoms with Crippen molar-refractivity contribution in [1.82, 2.24) is 14.4 Å². The molecule has 0 amide bonds. The summed E-state index contributed by atoms with van der Waals surface area (Å²) < 4.78 is 24.6. The molecule has 176 valence electrons.